The monoisotopic (exact) mass is 890 g/mol. The number of phenolic OH excluding ortho intramolecular Hbond substituents is 1. The second kappa shape index (κ2) is 24.7. The van der Waals surface area contributed by atoms with Gasteiger partial charge in [-0.25, -0.2) is 0 Å². The van der Waals surface area contributed by atoms with Crippen molar-refractivity contribution in [2.24, 2.45) is 21.7 Å². The third-order valence-corrected chi connectivity index (χ3v) is 12.4. The number of nitrogens with zero attached hydrogens (tertiary/aromatic N) is 6. The topological polar surface area (TPSA) is 200 Å². The zero-order chi connectivity index (χ0) is 47.6. The highest BCUT2D eigenvalue weighted by molar-refractivity contribution is 6.04. The Bertz CT molecular complexity index is 2220. The van der Waals surface area contributed by atoms with Gasteiger partial charge in [0.2, 0.25) is 5.91 Å². The van der Waals surface area contributed by atoms with Gasteiger partial charge < -0.3 is 35.7 Å². The number of nitrogens with one attached hydrogen (secondary N) is 3. The minimum atomic E-state index is -0.815. The molecule has 1 aromatic heterocycles. The van der Waals surface area contributed by atoms with E-state index < -0.39 is 11.9 Å². The predicted octanol–water partition coefficient (Wildman–Crippen LogP) is 5.34. The van der Waals surface area contributed by atoms with Crippen LogP contribution in [0.1, 0.15) is 86.1 Å². The van der Waals surface area contributed by atoms with Gasteiger partial charge in [-0.15, -0.1) is 0 Å². The molecule has 3 heterocycles. The normalized spacial score (nSPS) is 20.0. The van der Waals surface area contributed by atoms with Crippen molar-refractivity contribution in [1.82, 2.24) is 30.7 Å². The van der Waals surface area contributed by atoms with Gasteiger partial charge >= 0.3 is 0 Å². The highest BCUT2D eigenvalue weighted by atomic mass is 16.3. The SMILES string of the molecule is CNC(=O)C(CCC=O)N(C)C(=O)c1ccc(N2CCN(CC3CCN=C/C(C=O)=C\C=C\NCC3)CC2)cc1C=O.CNC1C(C)(C)CC1(C)C.N#Cc1ccc(O)c2cccnc12. The summed E-state index contributed by atoms with van der Waals surface area (Å²) in [6.07, 6.45) is 14.5. The molecule has 348 valence electrons. The van der Waals surface area contributed by atoms with Gasteiger partial charge in [0.05, 0.1) is 16.6 Å². The Morgan fingerprint density at radius 1 is 1.03 bits per heavy atom. The number of allylic oxidation sites excluding steroid dienone is 3. The third-order valence-electron chi connectivity index (χ3n) is 12.4. The van der Waals surface area contributed by atoms with E-state index >= 15 is 0 Å². The van der Waals surface area contributed by atoms with E-state index in [0.29, 0.717) is 63.9 Å². The number of likely N-dealkylation sites (N-methyl/N-ethyl adjacent to an activating group) is 2. The zero-order valence-corrected chi connectivity index (χ0v) is 39.0. The molecule has 2 amide bonds. The summed E-state index contributed by atoms with van der Waals surface area (Å²) < 4.78 is 0. The first-order chi connectivity index (χ1) is 31.1. The van der Waals surface area contributed by atoms with Crippen LogP contribution in [0, 0.1) is 28.1 Å². The number of benzene rings is 2. The quantitative estimate of drug-likeness (QED) is 0.171. The number of amides is 2. The lowest BCUT2D eigenvalue weighted by Gasteiger charge is -2.57. The van der Waals surface area contributed by atoms with Gasteiger partial charge in [-0.2, -0.15) is 5.26 Å². The number of carbonyl (C=O) groups is 5. The molecule has 2 aromatic carbocycles. The number of rotatable bonds is 12. The van der Waals surface area contributed by atoms with Crippen LogP contribution in [0.5, 0.6) is 5.75 Å². The van der Waals surface area contributed by atoms with E-state index in [0.717, 1.165) is 64.1 Å². The molecule has 65 heavy (non-hydrogen) atoms. The van der Waals surface area contributed by atoms with Crippen LogP contribution in [-0.4, -0.2) is 136 Å². The van der Waals surface area contributed by atoms with Gasteiger partial charge in [-0.05, 0) is 110 Å². The van der Waals surface area contributed by atoms with E-state index in [1.807, 2.05) is 24.4 Å². The van der Waals surface area contributed by atoms with Crippen LogP contribution in [0.25, 0.3) is 10.9 Å². The molecular formula is C50H67N9O6. The maximum absolute atomic E-state index is 13.3. The fourth-order valence-electron chi connectivity index (χ4n) is 9.62. The van der Waals surface area contributed by atoms with Crippen LogP contribution in [0.15, 0.2) is 77.6 Å². The average molecular weight is 890 g/mol. The van der Waals surface area contributed by atoms with Crippen LogP contribution >= 0.6 is 0 Å². The Morgan fingerprint density at radius 3 is 2.38 bits per heavy atom. The Hall–Kier alpha value is -6.24. The summed E-state index contributed by atoms with van der Waals surface area (Å²) in [7, 11) is 5.05. The number of carbonyl (C=O) groups excluding carboxylic acids is 5. The van der Waals surface area contributed by atoms with E-state index in [1.165, 1.54) is 31.5 Å². The smallest absolute Gasteiger partial charge is 0.255 e. The lowest BCUT2D eigenvalue weighted by molar-refractivity contribution is -0.125. The fourth-order valence-corrected chi connectivity index (χ4v) is 9.62. The van der Waals surface area contributed by atoms with Crippen molar-refractivity contribution < 1.29 is 29.1 Å². The molecule has 2 atom stereocenters. The van der Waals surface area contributed by atoms with Crippen LogP contribution in [0.3, 0.4) is 0 Å². The fraction of sp³-hybridized carbons (Fsp3) is 0.480. The minimum Gasteiger partial charge on any atom is -0.507 e. The van der Waals surface area contributed by atoms with Gasteiger partial charge in [-0.3, -0.25) is 34.1 Å². The standard InChI is InChI=1S/C31H42N6O5.C10H6N2O.C9H19N/c1-32-30(41)29(6-4-18-38)35(2)31(42)28-8-7-27(19-26(28)23-40)37-16-14-36(15-17-37)21-24-9-12-33-11-3-5-25(22-39)20-34-13-10-24;11-6-7-3-4-9(13)8-2-1-5-12-10(7)8;1-8(2)6-9(3,4)7(8)10-5/h3,5,7-8,11,18-20,22-24,29,33H,4,6,9-10,12-17,21H2,1-2H3,(H,32,41);1-5,13H;7,10H,6H2,1-5H3/b11-3+,25-5+,34-20?;;. The van der Waals surface area contributed by atoms with Gasteiger partial charge in [-0.1, -0.05) is 27.7 Å². The first-order valence-corrected chi connectivity index (χ1v) is 22.3. The molecule has 2 fully saturated rings. The van der Waals surface area contributed by atoms with Gasteiger partial charge in [0.1, 0.15) is 24.1 Å². The molecule has 0 radical (unpaired) electrons. The Labute approximate surface area is 384 Å². The van der Waals surface area contributed by atoms with Crippen LogP contribution < -0.4 is 20.9 Å². The largest absolute Gasteiger partial charge is 0.507 e. The Kier molecular flexibility index (Phi) is 19.5. The van der Waals surface area contributed by atoms with Crippen molar-refractivity contribution in [2.45, 2.75) is 71.9 Å². The zero-order valence-electron chi connectivity index (χ0n) is 39.0. The summed E-state index contributed by atoms with van der Waals surface area (Å²) in [5, 5.41) is 28.0. The number of aldehydes is 3. The van der Waals surface area contributed by atoms with E-state index in [1.54, 1.807) is 48.8 Å². The lowest BCUT2D eigenvalue weighted by Crippen LogP contribution is -2.61. The summed E-state index contributed by atoms with van der Waals surface area (Å²) in [4.78, 5) is 74.1. The number of anilines is 1. The number of fused-ring (bicyclic) bond motifs is 1. The highest BCUT2D eigenvalue weighted by Gasteiger charge is 2.51. The third kappa shape index (κ3) is 14.1. The summed E-state index contributed by atoms with van der Waals surface area (Å²) in [5.74, 6) is -0.192. The van der Waals surface area contributed by atoms with Crippen molar-refractivity contribution in [1.29, 1.82) is 5.26 Å². The highest BCUT2D eigenvalue weighted by Crippen LogP contribution is 2.53. The molecule has 1 aliphatic carbocycles. The number of nitriles is 1. The molecule has 4 N–H and O–H groups in total. The Morgan fingerprint density at radius 2 is 1.77 bits per heavy atom. The van der Waals surface area contributed by atoms with Crippen molar-refractivity contribution in [3.63, 3.8) is 0 Å². The second-order valence-electron chi connectivity index (χ2n) is 18.1. The van der Waals surface area contributed by atoms with Gasteiger partial charge in [0.25, 0.3) is 5.91 Å². The number of hydrogen-bond donors (Lipinski definition) is 4. The van der Waals surface area contributed by atoms with E-state index in [9.17, 15) is 29.1 Å². The summed E-state index contributed by atoms with van der Waals surface area (Å²) >= 11 is 0. The molecule has 15 heteroatoms. The molecule has 2 unspecified atom stereocenters. The number of pyridine rings is 1. The first kappa shape index (κ1) is 51.4. The molecule has 15 nitrogen and oxygen atoms in total. The molecule has 3 aliphatic rings. The minimum absolute atomic E-state index is 0.143. The molecule has 6 rings (SSSR count). The molecular weight excluding hydrogens is 823 g/mol. The van der Waals surface area contributed by atoms with Crippen LogP contribution in [0.2, 0.25) is 0 Å². The molecule has 1 saturated heterocycles. The van der Waals surface area contributed by atoms with E-state index in [4.69, 9.17) is 5.26 Å². The number of aliphatic imine (C=N–C) groups is 1. The van der Waals surface area contributed by atoms with Crippen LogP contribution in [-0.2, 0) is 14.4 Å². The maximum Gasteiger partial charge on any atom is 0.255 e. The second-order valence-corrected chi connectivity index (χ2v) is 18.1. The van der Waals surface area contributed by atoms with Crippen molar-refractivity contribution in [3.8, 4) is 11.8 Å². The van der Waals surface area contributed by atoms with E-state index in [2.05, 4.69) is 70.5 Å². The molecule has 3 aromatic rings. The average Bonchev–Trinajstić information content (AvgIpc) is 3.29. The molecule has 1 saturated carbocycles. The maximum atomic E-state index is 13.3. The number of phenols is 1. The number of piperazine rings is 1. The summed E-state index contributed by atoms with van der Waals surface area (Å²) in [6.45, 7) is 15.1. The molecule has 2 aliphatic heterocycles. The Balaban J connectivity index is 0.000000322. The number of aromatic hydroxyl groups is 1. The number of hydrogen-bond acceptors (Lipinski definition) is 13. The number of aromatic nitrogens is 1. The summed E-state index contributed by atoms with van der Waals surface area (Å²) in [5.41, 5.74) is 3.95. The van der Waals surface area contributed by atoms with Gasteiger partial charge in [0, 0.05) is 107 Å². The van der Waals surface area contributed by atoms with Crippen molar-refractivity contribution in [2.75, 3.05) is 71.9 Å². The lowest BCUT2D eigenvalue weighted by atomic mass is 9.52. The molecule has 0 bridgehead atoms. The summed E-state index contributed by atoms with van der Waals surface area (Å²) in [6, 6.07) is 13.6. The van der Waals surface area contributed by atoms with Crippen molar-refractivity contribution in [3.05, 3.63) is 89.3 Å². The van der Waals surface area contributed by atoms with Crippen LogP contribution in [0.4, 0.5) is 5.69 Å². The van der Waals surface area contributed by atoms with Gasteiger partial charge in [0.15, 0.2) is 12.6 Å². The van der Waals surface area contributed by atoms with E-state index in [-0.39, 0.29) is 35.6 Å². The van der Waals surface area contributed by atoms with Crippen molar-refractivity contribution >= 4 is 53.5 Å². The first-order valence-electron chi connectivity index (χ1n) is 22.3. The predicted molar refractivity (Wildman–Crippen MR) is 256 cm³/mol. The molecule has 0 spiro atoms.